The SMILES string of the molecule is CC(C)(C)OC(=O)N1CCC(N=CC=C(N)/C=C\c2cnc3ccc(N4CCC(F)C4)nn23)CC1. The van der Waals surface area contributed by atoms with Crippen LogP contribution in [-0.2, 0) is 4.74 Å². The van der Waals surface area contributed by atoms with Crippen LogP contribution < -0.4 is 10.6 Å². The number of carbonyl (C=O) groups excluding carboxylic acids is 1. The summed E-state index contributed by atoms with van der Waals surface area (Å²) in [4.78, 5) is 24.8. The van der Waals surface area contributed by atoms with Crippen molar-refractivity contribution in [1.82, 2.24) is 19.5 Å². The van der Waals surface area contributed by atoms with Crippen LogP contribution in [0.4, 0.5) is 15.0 Å². The smallest absolute Gasteiger partial charge is 0.410 e. The summed E-state index contributed by atoms with van der Waals surface area (Å²) in [5.74, 6) is 0.735. The van der Waals surface area contributed by atoms with Gasteiger partial charge in [-0.1, -0.05) is 0 Å². The van der Waals surface area contributed by atoms with E-state index in [0.717, 1.165) is 24.4 Å². The minimum atomic E-state index is -0.807. The maximum atomic E-state index is 13.6. The van der Waals surface area contributed by atoms with E-state index in [2.05, 4.69) is 15.1 Å². The van der Waals surface area contributed by atoms with E-state index in [4.69, 9.17) is 10.5 Å². The van der Waals surface area contributed by atoms with Gasteiger partial charge in [0.25, 0.3) is 0 Å². The number of fused-ring (bicyclic) bond motifs is 1. The summed E-state index contributed by atoms with van der Waals surface area (Å²) in [6, 6.07) is 3.90. The number of alkyl halides is 1. The van der Waals surface area contributed by atoms with Crippen LogP contribution in [-0.4, -0.2) is 75.8 Å². The minimum Gasteiger partial charge on any atom is -0.444 e. The van der Waals surface area contributed by atoms with Gasteiger partial charge in [-0.3, -0.25) is 4.99 Å². The van der Waals surface area contributed by atoms with Crippen molar-refractivity contribution in [1.29, 1.82) is 0 Å². The number of allylic oxidation sites excluding steroid dienone is 2. The second-order valence-corrected chi connectivity index (χ2v) is 9.97. The summed E-state index contributed by atoms with van der Waals surface area (Å²) in [6.45, 7) is 7.89. The molecule has 0 aromatic carbocycles. The van der Waals surface area contributed by atoms with Crippen LogP contribution in [0.3, 0.4) is 0 Å². The highest BCUT2D eigenvalue weighted by atomic mass is 19.1. The van der Waals surface area contributed by atoms with Crippen LogP contribution in [0.1, 0.15) is 45.7 Å². The monoisotopic (exact) mass is 483 g/mol. The number of carbonyl (C=O) groups is 1. The number of nitrogens with two attached hydrogens (primary N) is 1. The van der Waals surface area contributed by atoms with E-state index in [1.54, 1.807) is 34.0 Å². The Kier molecular flexibility index (Phi) is 7.37. The van der Waals surface area contributed by atoms with Gasteiger partial charge in [0, 0.05) is 31.5 Å². The number of halogens is 1. The van der Waals surface area contributed by atoms with E-state index < -0.39 is 11.8 Å². The lowest BCUT2D eigenvalue weighted by Crippen LogP contribution is -2.42. The summed E-state index contributed by atoms with van der Waals surface area (Å²) < 4.78 is 20.7. The van der Waals surface area contributed by atoms with Gasteiger partial charge >= 0.3 is 6.09 Å². The zero-order valence-corrected chi connectivity index (χ0v) is 20.6. The number of amides is 1. The number of ether oxygens (including phenoxy) is 1. The second-order valence-electron chi connectivity index (χ2n) is 9.97. The third-order valence-corrected chi connectivity index (χ3v) is 5.96. The molecule has 2 aromatic rings. The molecule has 0 bridgehead atoms. The molecule has 0 spiro atoms. The average molecular weight is 484 g/mol. The number of rotatable bonds is 5. The summed E-state index contributed by atoms with van der Waals surface area (Å²) in [5, 5.41) is 4.63. The van der Waals surface area contributed by atoms with Crippen LogP contribution in [0.5, 0.6) is 0 Å². The van der Waals surface area contributed by atoms with Crippen molar-refractivity contribution in [2.45, 2.75) is 57.8 Å². The zero-order valence-electron chi connectivity index (χ0n) is 20.6. The fraction of sp³-hybridized carbons (Fsp3) is 0.520. The van der Waals surface area contributed by atoms with Crippen LogP contribution >= 0.6 is 0 Å². The summed E-state index contributed by atoms with van der Waals surface area (Å²) >= 11 is 0. The van der Waals surface area contributed by atoms with E-state index >= 15 is 0 Å². The highest BCUT2D eigenvalue weighted by molar-refractivity contribution is 5.73. The molecule has 2 aliphatic rings. The molecule has 2 aromatic heterocycles. The Hall–Kier alpha value is -3.43. The van der Waals surface area contributed by atoms with Crippen molar-refractivity contribution >= 4 is 29.8 Å². The van der Waals surface area contributed by atoms with Crippen LogP contribution in [0, 0.1) is 0 Å². The topological polar surface area (TPSA) is 101 Å². The minimum absolute atomic E-state index is 0.151. The molecular formula is C25H34FN7O2. The lowest BCUT2D eigenvalue weighted by atomic mass is 10.1. The summed E-state index contributed by atoms with van der Waals surface area (Å²) in [7, 11) is 0. The van der Waals surface area contributed by atoms with E-state index in [0.29, 0.717) is 43.9 Å². The molecule has 0 radical (unpaired) electrons. The largest absolute Gasteiger partial charge is 0.444 e. The Bertz CT molecular complexity index is 1130. The number of aromatic nitrogens is 3. The normalized spacial score (nSPS) is 20.6. The number of hydrogen-bond acceptors (Lipinski definition) is 7. The van der Waals surface area contributed by atoms with Gasteiger partial charge in [-0.05, 0) is 70.4 Å². The number of piperidine rings is 1. The molecule has 4 heterocycles. The maximum Gasteiger partial charge on any atom is 0.410 e. The highest BCUT2D eigenvalue weighted by Crippen LogP contribution is 2.21. The number of likely N-dealkylation sites (tertiary alicyclic amines) is 1. The molecule has 4 rings (SSSR count). The van der Waals surface area contributed by atoms with Crippen molar-refractivity contribution in [3.05, 3.63) is 41.9 Å². The third kappa shape index (κ3) is 6.58. The second kappa shape index (κ2) is 10.5. The molecule has 9 nitrogen and oxygen atoms in total. The summed E-state index contributed by atoms with van der Waals surface area (Å²) in [6.07, 6.45) is 9.86. The molecule has 2 saturated heterocycles. The van der Waals surface area contributed by atoms with Crippen molar-refractivity contribution in [2.75, 3.05) is 31.1 Å². The highest BCUT2D eigenvalue weighted by Gasteiger charge is 2.26. The predicted molar refractivity (Wildman–Crippen MR) is 135 cm³/mol. The van der Waals surface area contributed by atoms with Gasteiger partial charge in [-0.25, -0.2) is 18.7 Å². The van der Waals surface area contributed by atoms with Gasteiger partial charge in [0.15, 0.2) is 5.65 Å². The van der Waals surface area contributed by atoms with Crippen LogP contribution in [0.25, 0.3) is 11.7 Å². The molecule has 1 atom stereocenters. The van der Waals surface area contributed by atoms with Gasteiger partial charge in [0.2, 0.25) is 0 Å². The number of hydrogen-bond donors (Lipinski definition) is 1. The molecule has 0 aliphatic carbocycles. The zero-order chi connectivity index (χ0) is 25.0. The summed E-state index contributed by atoms with van der Waals surface area (Å²) in [5.41, 5.74) is 7.68. The van der Waals surface area contributed by atoms with Crippen molar-refractivity contribution in [2.24, 2.45) is 10.7 Å². The molecule has 2 aliphatic heterocycles. The first-order chi connectivity index (χ1) is 16.7. The van der Waals surface area contributed by atoms with E-state index in [1.807, 2.05) is 43.9 Å². The molecule has 10 heteroatoms. The van der Waals surface area contributed by atoms with E-state index in [1.165, 1.54) is 0 Å². The van der Waals surface area contributed by atoms with Crippen LogP contribution in [0.15, 0.2) is 41.2 Å². The van der Waals surface area contributed by atoms with E-state index in [-0.39, 0.29) is 12.1 Å². The third-order valence-electron chi connectivity index (χ3n) is 5.96. The lowest BCUT2D eigenvalue weighted by molar-refractivity contribution is 0.0207. The Morgan fingerprint density at radius 3 is 2.69 bits per heavy atom. The first kappa shape index (κ1) is 24.7. The standard InChI is InChI=1S/C25H34FN7O2/c1-25(2,3)35-24(34)31-14-10-20(11-15-31)28-12-8-19(27)4-5-21-16-29-22-6-7-23(30-33(21)22)32-13-9-18(26)17-32/h4-8,12,16,18,20H,9-11,13-15,17,27H2,1-3H3/b5-4-,19-8?,28-12?. The fourth-order valence-corrected chi connectivity index (χ4v) is 4.10. The Morgan fingerprint density at radius 1 is 1.23 bits per heavy atom. The van der Waals surface area contributed by atoms with E-state index in [9.17, 15) is 9.18 Å². The first-order valence-corrected chi connectivity index (χ1v) is 12.1. The predicted octanol–water partition coefficient (Wildman–Crippen LogP) is 3.60. The number of nitrogens with zero attached hydrogens (tertiary/aromatic N) is 6. The molecule has 2 fully saturated rings. The molecule has 1 amide bonds. The number of imidazole rings is 1. The molecule has 1 unspecified atom stereocenters. The van der Waals surface area contributed by atoms with Crippen molar-refractivity contribution in [3.63, 3.8) is 0 Å². The Balaban J connectivity index is 1.32. The molecule has 0 saturated carbocycles. The fourth-order valence-electron chi connectivity index (χ4n) is 4.10. The quantitative estimate of drug-likeness (QED) is 0.515. The molecule has 35 heavy (non-hydrogen) atoms. The maximum absolute atomic E-state index is 13.6. The Labute approximate surface area is 205 Å². The average Bonchev–Trinajstić information content (AvgIpc) is 3.42. The first-order valence-electron chi connectivity index (χ1n) is 12.1. The van der Waals surface area contributed by atoms with Crippen molar-refractivity contribution < 1.29 is 13.9 Å². The van der Waals surface area contributed by atoms with Gasteiger partial charge < -0.3 is 20.3 Å². The van der Waals surface area contributed by atoms with Gasteiger partial charge in [0.1, 0.15) is 17.6 Å². The molecule has 188 valence electrons. The van der Waals surface area contributed by atoms with Crippen molar-refractivity contribution in [3.8, 4) is 0 Å². The molecular weight excluding hydrogens is 449 g/mol. The lowest BCUT2D eigenvalue weighted by Gasteiger charge is -2.32. The Morgan fingerprint density at radius 2 is 2.00 bits per heavy atom. The van der Waals surface area contributed by atoms with Gasteiger partial charge in [-0.15, -0.1) is 5.10 Å². The van der Waals surface area contributed by atoms with Gasteiger partial charge in [-0.2, -0.15) is 0 Å². The number of anilines is 1. The van der Waals surface area contributed by atoms with Crippen LogP contribution in [0.2, 0.25) is 0 Å². The molecule has 2 N–H and O–H groups in total. The van der Waals surface area contributed by atoms with Gasteiger partial charge in [0.05, 0.1) is 24.5 Å². The number of aliphatic imine (C=N–C) groups is 1.